The zero-order valence-corrected chi connectivity index (χ0v) is 11.6. The Bertz CT molecular complexity index is 343. The van der Waals surface area contributed by atoms with Crippen LogP contribution in [0.25, 0.3) is 0 Å². The Morgan fingerprint density at radius 3 is 2.67 bits per heavy atom. The summed E-state index contributed by atoms with van der Waals surface area (Å²) in [7, 11) is 2.19. The van der Waals surface area contributed by atoms with Crippen molar-refractivity contribution in [3.8, 4) is 0 Å². The normalized spacial score (nSPS) is 17.5. The van der Waals surface area contributed by atoms with E-state index in [-0.39, 0.29) is 0 Å². The van der Waals surface area contributed by atoms with Crippen LogP contribution in [0.15, 0.2) is 12.4 Å². The van der Waals surface area contributed by atoms with Gasteiger partial charge in [0.2, 0.25) is 0 Å². The molecular formula is C13H25N5. The third-order valence-corrected chi connectivity index (χ3v) is 3.48. The highest BCUT2D eigenvalue weighted by Gasteiger charge is 2.09. The minimum Gasteiger partial charge on any atom is -0.314 e. The third-order valence-electron chi connectivity index (χ3n) is 3.48. The molecule has 1 N–H and O–H groups in total. The van der Waals surface area contributed by atoms with Crippen molar-refractivity contribution in [1.82, 2.24) is 24.9 Å². The molecule has 18 heavy (non-hydrogen) atoms. The SMILES string of the molecule is Cc1cnn(CCN(C)CCN2CCNCC2)c1. The predicted molar refractivity (Wildman–Crippen MR) is 73.8 cm³/mol. The van der Waals surface area contributed by atoms with Crippen LogP contribution in [-0.2, 0) is 6.54 Å². The predicted octanol–water partition coefficient (Wildman–Crippen LogP) is 0.0285. The molecular weight excluding hydrogens is 226 g/mol. The number of piperazine rings is 1. The number of aryl methyl sites for hydroxylation is 1. The van der Waals surface area contributed by atoms with Gasteiger partial charge in [-0.25, -0.2) is 0 Å². The third kappa shape index (κ3) is 4.40. The van der Waals surface area contributed by atoms with E-state index in [0.29, 0.717) is 0 Å². The van der Waals surface area contributed by atoms with E-state index in [0.717, 1.165) is 32.7 Å². The number of nitrogens with zero attached hydrogens (tertiary/aromatic N) is 4. The van der Waals surface area contributed by atoms with Gasteiger partial charge >= 0.3 is 0 Å². The molecule has 0 unspecified atom stereocenters. The van der Waals surface area contributed by atoms with E-state index in [1.807, 2.05) is 10.9 Å². The summed E-state index contributed by atoms with van der Waals surface area (Å²) in [6.45, 7) is 11.1. The Morgan fingerprint density at radius 2 is 2.00 bits per heavy atom. The monoisotopic (exact) mass is 251 g/mol. The summed E-state index contributed by atoms with van der Waals surface area (Å²) < 4.78 is 2.02. The molecule has 0 spiro atoms. The highest BCUT2D eigenvalue weighted by molar-refractivity contribution is 4.99. The second-order valence-electron chi connectivity index (χ2n) is 5.18. The van der Waals surface area contributed by atoms with Gasteiger partial charge in [0.25, 0.3) is 0 Å². The maximum atomic E-state index is 4.31. The molecule has 1 aliphatic rings. The fourth-order valence-electron chi connectivity index (χ4n) is 2.22. The zero-order valence-electron chi connectivity index (χ0n) is 11.6. The zero-order chi connectivity index (χ0) is 12.8. The van der Waals surface area contributed by atoms with Gasteiger partial charge in [-0.1, -0.05) is 0 Å². The van der Waals surface area contributed by atoms with Gasteiger partial charge in [0.05, 0.1) is 12.7 Å². The van der Waals surface area contributed by atoms with Crippen LogP contribution in [0.3, 0.4) is 0 Å². The molecule has 1 aromatic heterocycles. The number of hydrogen-bond donors (Lipinski definition) is 1. The van der Waals surface area contributed by atoms with E-state index in [2.05, 4.69) is 40.4 Å². The molecule has 102 valence electrons. The Kier molecular flexibility index (Phi) is 5.16. The van der Waals surface area contributed by atoms with E-state index in [1.165, 1.54) is 25.2 Å². The molecule has 0 aliphatic carbocycles. The molecule has 2 heterocycles. The van der Waals surface area contributed by atoms with E-state index in [9.17, 15) is 0 Å². The van der Waals surface area contributed by atoms with Gasteiger partial charge in [0.1, 0.15) is 0 Å². The van der Waals surface area contributed by atoms with E-state index in [1.54, 1.807) is 0 Å². The van der Waals surface area contributed by atoms with E-state index < -0.39 is 0 Å². The van der Waals surface area contributed by atoms with Gasteiger partial charge in [-0.05, 0) is 19.5 Å². The molecule has 1 fully saturated rings. The van der Waals surface area contributed by atoms with Gasteiger partial charge in [0.15, 0.2) is 0 Å². The lowest BCUT2D eigenvalue weighted by Crippen LogP contribution is -2.46. The van der Waals surface area contributed by atoms with Gasteiger partial charge < -0.3 is 10.2 Å². The molecule has 2 rings (SSSR count). The summed E-state index contributed by atoms with van der Waals surface area (Å²) in [5.74, 6) is 0. The number of aromatic nitrogens is 2. The van der Waals surface area contributed by atoms with Crippen LogP contribution in [0.4, 0.5) is 0 Å². The molecule has 0 radical (unpaired) electrons. The molecule has 0 amide bonds. The summed E-state index contributed by atoms with van der Waals surface area (Å²) >= 11 is 0. The minimum absolute atomic E-state index is 0.978. The first kappa shape index (κ1) is 13.5. The standard InChI is InChI=1S/C13H25N5/c1-13-11-15-18(12-13)10-8-16(2)7-9-17-5-3-14-4-6-17/h11-12,14H,3-10H2,1-2H3. The van der Waals surface area contributed by atoms with Crippen LogP contribution >= 0.6 is 0 Å². The maximum Gasteiger partial charge on any atom is 0.0536 e. The van der Waals surface area contributed by atoms with E-state index in [4.69, 9.17) is 0 Å². The Labute approximate surface area is 110 Å². The highest BCUT2D eigenvalue weighted by Crippen LogP contribution is 1.96. The molecule has 1 saturated heterocycles. The van der Waals surface area contributed by atoms with Gasteiger partial charge in [-0.3, -0.25) is 9.58 Å². The summed E-state index contributed by atoms with van der Waals surface area (Å²) in [6.07, 6.45) is 4.02. The number of nitrogens with one attached hydrogen (secondary N) is 1. The van der Waals surface area contributed by atoms with Crippen molar-refractivity contribution in [1.29, 1.82) is 0 Å². The Balaban J connectivity index is 1.61. The summed E-state index contributed by atoms with van der Waals surface area (Å²) in [4.78, 5) is 4.92. The minimum atomic E-state index is 0.978. The van der Waals surface area contributed by atoms with Crippen LogP contribution in [0.1, 0.15) is 5.56 Å². The number of rotatable bonds is 6. The molecule has 5 nitrogen and oxygen atoms in total. The lowest BCUT2D eigenvalue weighted by atomic mass is 10.3. The van der Waals surface area contributed by atoms with Crippen molar-refractivity contribution in [3.63, 3.8) is 0 Å². The molecule has 1 aliphatic heterocycles. The second-order valence-corrected chi connectivity index (χ2v) is 5.18. The van der Waals surface area contributed by atoms with Crippen molar-refractivity contribution in [3.05, 3.63) is 18.0 Å². The van der Waals surface area contributed by atoms with Gasteiger partial charge in [-0.2, -0.15) is 5.10 Å². The fraction of sp³-hybridized carbons (Fsp3) is 0.769. The summed E-state index contributed by atoms with van der Waals surface area (Å²) in [5.41, 5.74) is 1.23. The highest BCUT2D eigenvalue weighted by atomic mass is 15.3. The second kappa shape index (κ2) is 6.87. The Morgan fingerprint density at radius 1 is 1.28 bits per heavy atom. The largest absolute Gasteiger partial charge is 0.314 e. The lowest BCUT2D eigenvalue weighted by Gasteiger charge is -2.29. The molecule has 5 heteroatoms. The van der Waals surface area contributed by atoms with Crippen LogP contribution in [0.5, 0.6) is 0 Å². The van der Waals surface area contributed by atoms with Crippen LogP contribution in [0.2, 0.25) is 0 Å². The lowest BCUT2D eigenvalue weighted by molar-refractivity contribution is 0.201. The van der Waals surface area contributed by atoms with Crippen LogP contribution in [-0.4, -0.2) is 72.4 Å². The molecule has 0 atom stereocenters. The van der Waals surface area contributed by atoms with Crippen molar-refractivity contribution in [2.24, 2.45) is 0 Å². The molecule has 1 aromatic rings. The van der Waals surface area contributed by atoms with Crippen molar-refractivity contribution in [2.75, 3.05) is 52.9 Å². The average molecular weight is 251 g/mol. The van der Waals surface area contributed by atoms with Gasteiger partial charge in [-0.15, -0.1) is 0 Å². The first-order chi connectivity index (χ1) is 8.74. The number of hydrogen-bond acceptors (Lipinski definition) is 4. The smallest absolute Gasteiger partial charge is 0.0536 e. The first-order valence-electron chi connectivity index (χ1n) is 6.85. The fourth-order valence-corrected chi connectivity index (χ4v) is 2.22. The quantitative estimate of drug-likeness (QED) is 0.774. The van der Waals surface area contributed by atoms with Crippen LogP contribution < -0.4 is 5.32 Å². The summed E-state index contributed by atoms with van der Waals surface area (Å²) in [5, 5.41) is 7.69. The van der Waals surface area contributed by atoms with Crippen molar-refractivity contribution < 1.29 is 0 Å². The van der Waals surface area contributed by atoms with Gasteiger partial charge in [0, 0.05) is 52.0 Å². The van der Waals surface area contributed by atoms with Crippen molar-refractivity contribution in [2.45, 2.75) is 13.5 Å². The molecule has 0 bridgehead atoms. The summed E-state index contributed by atoms with van der Waals surface area (Å²) in [6, 6.07) is 0. The topological polar surface area (TPSA) is 36.3 Å². The molecule has 0 saturated carbocycles. The Hall–Kier alpha value is -0.910. The van der Waals surface area contributed by atoms with E-state index >= 15 is 0 Å². The maximum absolute atomic E-state index is 4.31. The molecule has 0 aromatic carbocycles. The van der Waals surface area contributed by atoms with Crippen molar-refractivity contribution >= 4 is 0 Å². The average Bonchev–Trinajstić information content (AvgIpc) is 2.81. The van der Waals surface area contributed by atoms with Crippen LogP contribution in [0, 0.1) is 6.92 Å². The number of likely N-dealkylation sites (N-methyl/N-ethyl adjacent to an activating group) is 1. The first-order valence-corrected chi connectivity index (χ1v) is 6.85.